The zero-order chi connectivity index (χ0) is 14.2. The van der Waals surface area contributed by atoms with E-state index in [1.165, 1.54) is 22.2 Å². The molecule has 1 aromatic carbocycles. The second kappa shape index (κ2) is 5.19. The minimum atomic E-state index is 0.322. The third kappa shape index (κ3) is 2.23. The van der Waals surface area contributed by atoms with Gasteiger partial charge in [-0.3, -0.25) is 4.79 Å². The molecule has 0 bridgehead atoms. The molecular weight excluding hydrogens is 262 g/mol. The molecule has 0 saturated carbocycles. The molecule has 0 radical (unpaired) electrons. The fourth-order valence-corrected chi connectivity index (χ4v) is 3.73. The van der Waals surface area contributed by atoms with E-state index in [4.69, 9.17) is 0 Å². The number of hydrogen-bond acceptors (Lipinski definition) is 2. The van der Waals surface area contributed by atoms with Crippen molar-refractivity contribution in [2.24, 2.45) is 0 Å². The van der Waals surface area contributed by atoms with Gasteiger partial charge in [0, 0.05) is 42.1 Å². The number of fused-ring (bicyclic) bond motifs is 3. The summed E-state index contributed by atoms with van der Waals surface area (Å²) in [4.78, 5) is 17.3. The highest BCUT2D eigenvalue weighted by Gasteiger charge is 2.26. The summed E-state index contributed by atoms with van der Waals surface area (Å²) in [5.41, 5.74) is 4.02. The van der Waals surface area contributed by atoms with Gasteiger partial charge in [-0.1, -0.05) is 18.2 Å². The van der Waals surface area contributed by atoms with E-state index in [1.54, 1.807) is 0 Å². The van der Waals surface area contributed by atoms with Crippen LogP contribution in [0.1, 0.15) is 36.6 Å². The topological polar surface area (TPSA) is 48.1 Å². The molecule has 1 amide bonds. The second-order valence-electron chi connectivity index (χ2n) is 6.09. The summed E-state index contributed by atoms with van der Waals surface area (Å²) < 4.78 is 0. The van der Waals surface area contributed by atoms with E-state index in [-0.39, 0.29) is 0 Å². The molecule has 2 aromatic rings. The lowest BCUT2D eigenvalue weighted by Crippen LogP contribution is -2.34. The van der Waals surface area contributed by atoms with Crippen LogP contribution in [-0.2, 0) is 11.2 Å². The summed E-state index contributed by atoms with van der Waals surface area (Å²) in [6.07, 6.45) is 3.83. The number of benzene rings is 1. The number of rotatable bonds is 3. The number of hydrogen-bond donors (Lipinski definition) is 2. The van der Waals surface area contributed by atoms with Crippen LogP contribution in [0.2, 0.25) is 0 Å². The first-order valence-corrected chi connectivity index (χ1v) is 7.93. The third-order valence-electron chi connectivity index (χ3n) is 4.82. The van der Waals surface area contributed by atoms with E-state index in [9.17, 15) is 4.79 Å². The number of likely N-dealkylation sites (tertiary alicyclic amines) is 1. The average molecular weight is 283 g/mol. The van der Waals surface area contributed by atoms with Crippen LogP contribution in [0.5, 0.6) is 0 Å². The standard InChI is InChI=1S/C17H21N3O/c21-16-6-3-10-20(16)11-8-15-17-13(7-9-18-15)12-4-1-2-5-14(12)19-17/h1-2,4-5,15,18-19H,3,6-11H2. The molecule has 110 valence electrons. The second-order valence-corrected chi connectivity index (χ2v) is 6.09. The van der Waals surface area contributed by atoms with Gasteiger partial charge in [0.05, 0.1) is 0 Å². The molecule has 3 heterocycles. The molecule has 4 rings (SSSR count). The smallest absolute Gasteiger partial charge is 0.222 e. The van der Waals surface area contributed by atoms with Crippen molar-refractivity contribution >= 4 is 16.8 Å². The lowest BCUT2D eigenvalue weighted by Gasteiger charge is -2.26. The Morgan fingerprint density at radius 1 is 1.24 bits per heavy atom. The summed E-state index contributed by atoms with van der Waals surface area (Å²) in [6, 6.07) is 8.88. The monoisotopic (exact) mass is 283 g/mol. The minimum absolute atomic E-state index is 0.322. The molecule has 21 heavy (non-hydrogen) atoms. The third-order valence-corrected chi connectivity index (χ3v) is 4.82. The van der Waals surface area contributed by atoms with Crippen molar-refractivity contribution in [2.75, 3.05) is 19.6 Å². The van der Waals surface area contributed by atoms with Gasteiger partial charge >= 0.3 is 0 Å². The number of nitrogens with zero attached hydrogens (tertiary/aromatic N) is 1. The van der Waals surface area contributed by atoms with Crippen LogP contribution in [0.25, 0.3) is 10.9 Å². The molecule has 2 N–H and O–H groups in total. The lowest BCUT2D eigenvalue weighted by atomic mass is 9.97. The van der Waals surface area contributed by atoms with E-state index in [2.05, 4.69) is 34.6 Å². The molecular formula is C17H21N3O. The number of aromatic amines is 1. The van der Waals surface area contributed by atoms with Gasteiger partial charge in [0.25, 0.3) is 0 Å². The highest BCUT2D eigenvalue weighted by atomic mass is 16.2. The van der Waals surface area contributed by atoms with Crippen LogP contribution in [0, 0.1) is 0 Å². The van der Waals surface area contributed by atoms with Gasteiger partial charge in [-0.25, -0.2) is 0 Å². The molecule has 0 aliphatic carbocycles. The Balaban J connectivity index is 1.57. The van der Waals surface area contributed by atoms with Gasteiger partial charge in [0.15, 0.2) is 0 Å². The van der Waals surface area contributed by atoms with E-state index >= 15 is 0 Å². The van der Waals surface area contributed by atoms with Crippen molar-refractivity contribution in [1.82, 2.24) is 15.2 Å². The number of para-hydroxylation sites is 1. The molecule has 4 heteroatoms. The van der Waals surface area contributed by atoms with Crippen molar-refractivity contribution in [3.8, 4) is 0 Å². The van der Waals surface area contributed by atoms with Crippen LogP contribution in [-0.4, -0.2) is 35.4 Å². The van der Waals surface area contributed by atoms with E-state index in [0.717, 1.165) is 45.3 Å². The fraction of sp³-hybridized carbons (Fsp3) is 0.471. The minimum Gasteiger partial charge on any atom is -0.357 e. The zero-order valence-corrected chi connectivity index (χ0v) is 12.2. The zero-order valence-electron chi connectivity index (χ0n) is 12.2. The van der Waals surface area contributed by atoms with Crippen molar-refractivity contribution in [2.45, 2.75) is 31.7 Å². The Morgan fingerprint density at radius 3 is 3.00 bits per heavy atom. The van der Waals surface area contributed by atoms with Gasteiger partial charge in [0.1, 0.15) is 0 Å². The first-order valence-electron chi connectivity index (χ1n) is 7.93. The molecule has 2 aliphatic heterocycles. The molecule has 1 aromatic heterocycles. The van der Waals surface area contributed by atoms with Crippen LogP contribution in [0.15, 0.2) is 24.3 Å². The Labute approximate surface area is 124 Å². The number of nitrogens with one attached hydrogen (secondary N) is 2. The summed E-state index contributed by atoms with van der Waals surface area (Å²) in [6.45, 7) is 2.82. The van der Waals surface area contributed by atoms with Gasteiger partial charge in [-0.05, 0) is 37.4 Å². The quantitative estimate of drug-likeness (QED) is 0.908. The van der Waals surface area contributed by atoms with Gasteiger partial charge in [0.2, 0.25) is 5.91 Å². The maximum absolute atomic E-state index is 11.7. The van der Waals surface area contributed by atoms with Crippen molar-refractivity contribution in [1.29, 1.82) is 0 Å². The Kier molecular flexibility index (Phi) is 3.19. The van der Waals surface area contributed by atoms with E-state index in [0.29, 0.717) is 11.9 Å². The lowest BCUT2D eigenvalue weighted by molar-refractivity contribution is -0.127. The SMILES string of the molecule is O=C1CCCN1CCC1NCCc2c1[nH]c1ccccc21. The largest absolute Gasteiger partial charge is 0.357 e. The van der Waals surface area contributed by atoms with Crippen LogP contribution in [0.3, 0.4) is 0 Å². The van der Waals surface area contributed by atoms with Gasteiger partial charge in [-0.2, -0.15) is 0 Å². The number of carbonyl (C=O) groups is 1. The van der Waals surface area contributed by atoms with E-state index in [1.807, 2.05) is 4.90 Å². The average Bonchev–Trinajstić information content (AvgIpc) is 3.09. The van der Waals surface area contributed by atoms with Crippen LogP contribution >= 0.6 is 0 Å². The Morgan fingerprint density at radius 2 is 2.14 bits per heavy atom. The fourth-order valence-electron chi connectivity index (χ4n) is 3.73. The molecule has 1 fully saturated rings. The summed E-state index contributed by atoms with van der Waals surface area (Å²) in [5.74, 6) is 0.322. The molecule has 1 unspecified atom stereocenters. The Bertz CT molecular complexity index is 676. The summed E-state index contributed by atoms with van der Waals surface area (Å²) in [7, 11) is 0. The maximum Gasteiger partial charge on any atom is 0.222 e. The molecule has 1 saturated heterocycles. The molecule has 4 nitrogen and oxygen atoms in total. The van der Waals surface area contributed by atoms with Gasteiger partial charge < -0.3 is 15.2 Å². The van der Waals surface area contributed by atoms with Crippen molar-refractivity contribution < 1.29 is 4.79 Å². The highest BCUT2D eigenvalue weighted by Crippen LogP contribution is 2.31. The Hall–Kier alpha value is -1.81. The maximum atomic E-state index is 11.7. The number of amides is 1. The molecule has 0 spiro atoms. The molecule has 1 atom stereocenters. The normalized spacial score (nSPS) is 22.0. The van der Waals surface area contributed by atoms with Crippen molar-refractivity contribution in [3.05, 3.63) is 35.5 Å². The van der Waals surface area contributed by atoms with E-state index < -0.39 is 0 Å². The summed E-state index contributed by atoms with van der Waals surface area (Å²) in [5, 5.41) is 4.96. The predicted molar refractivity (Wildman–Crippen MR) is 83.2 cm³/mol. The van der Waals surface area contributed by atoms with Crippen LogP contribution in [0.4, 0.5) is 0 Å². The first kappa shape index (κ1) is 12.9. The molecule has 2 aliphatic rings. The first-order chi connectivity index (χ1) is 10.3. The number of H-pyrrole nitrogens is 1. The number of carbonyl (C=O) groups excluding carboxylic acids is 1. The van der Waals surface area contributed by atoms with Crippen molar-refractivity contribution in [3.63, 3.8) is 0 Å². The van der Waals surface area contributed by atoms with Crippen LogP contribution < -0.4 is 5.32 Å². The highest BCUT2D eigenvalue weighted by molar-refractivity contribution is 5.85. The number of aromatic nitrogens is 1. The predicted octanol–water partition coefficient (Wildman–Crippen LogP) is 2.37. The summed E-state index contributed by atoms with van der Waals surface area (Å²) >= 11 is 0. The van der Waals surface area contributed by atoms with Gasteiger partial charge in [-0.15, -0.1) is 0 Å².